The molecule has 98 valence electrons. The minimum absolute atomic E-state index is 0.0148. The molecular formula is C13H13N3O3. The van der Waals surface area contributed by atoms with Gasteiger partial charge in [0.25, 0.3) is 11.6 Å². The van der Waals surface area contributed by atoms with E-state index in [0.29, 0.717) is 17.8 Å². The summed E-state index contributed by atoms with van der Waals surface area (Å²) in [6, 6.07) is 4.94. The first-order valence-electron chi connectivity index (χ1n) is 6.13. The number of nitro benzene ring substituents is 1. The Morgan fingerprint density at radius 3 is 2.95 bits per heavy atom. The summed E-state index contributed by atoms with van der Waals surface area (Å²) in [7, 11) is 1.75. The number of fused-ring (bicyclic) bond motifs is 3. The van der Waals surface area contributed by atoms with Crippen molar-refractivity contribution in [3.05, 3.63) is 39.6 Å². The number of benzene rings is 1. The Hall–Kier alpha value is -2.37. The van der Waals surface area contributed by atoms with Gasteiger partial charge in [-0.3, -0.25) is 14.9 Å². The molecule has 1 amide bonds. The average Bonchev–Trinajstić information content (AvgIpc) is 2.69. The van der Waals surface area contributed by atoms with Gasteiger partial charge in [-0.05, 0) is 18.4 Å². The molecular weight excluding hydrogens is 246 g/mol. The van der Waals surface area contributed by atoms with Gasteiger partial charge in [0, 0.05) is 25.0 Å². The van der Waals surface area contributed by atoms with Crippen LogP contribution in [0.15, 0.2) is 18.2 Å². The lowest BCUT2D eigenvalue weighted by Gasteiger charge is -2.12. The number of aromatic nitrogens is 1. The molecule has 0 fully saturated rings. The second kappa shape index (κ2) is 4.08. The number of para-hydroxylation sites is 1. The molecule has 6 heteroatoms. The van der Waals surface area contributed by atoms with Crippen LogP contribution < -0.4 is 0 Å². The summed E-state index contributed by atoms with van der Waals surface area (Å²) in [6.07, 6.45) is 1.62. The average molecular weight is 259 g/mol. The highest BCUT2D eigenvalue weighted by atomic mass is 16.6. The second-order valence-corrected chi connectivity index (χ2v) is 4.77. The Balaban J connectivity index is 2.31. The van der Waals surface area contributed by atoms with Crippen LogP contribution in [-0.4, -0.2) is 34.3 Å². The fourth-order valence-corrected chi connectivity index (χ4v) is 2.64. The van der Waals surface area contributed by atoms with E-state index in [1.807, 2.05) is 6.07 Å². The van der Waals surface area contributed by atoms with Crippen LogP contribution in [0.1, 0.15) is 22.5 Å². The SMILES string of the molecule is CN1CCCc2c([nH]c3c([N+](=O)[O-])cccc23)C1=O. The van der Waals surface area contributed by atoms with E-state index in [0.717, 1.165) is 23.8 Å². The standard InChI is InChI=1S/C13H13N3O3/c1-15-7-3-5-9-8-4-2-6-10(16(18)19)11(8)14-12(9)13(15)17/h2,4,6,14H,3,5,7H2,1H3. The zero-order valence-corrected chi connectivity index (χ0v) is 10.5. The Bertz CT molecular complexity index is 690. The third-order valence-corrected chi connectivity index (χ3v) is 3.60. The van der Waals surface area contributed by atoms with E-state index in [1.54, 1.807) is 18.0 Å². The molecule has 6 nitrogen and oxygen atoms in total. The Kier molecular flexibility index (Phi) is 2.51. The number of hydrogen-bond acceptors (Lipinski definition) is 3. The normalized spacial score (nSPS) is 15.4. The molecule has 0 saturated carbocycles. The molecule has 0 bridgehead atoms. The van der Waals surface area contributed by atoms with Crippen molar-refractivity contribution in [3.63, 3.8) is 0 Å². The molecule has 19 heavy (non-hydrogen) atoms. The minimum atomic E-state index is -0.424. The van der Waals surface area contributed by atoms with E-state index in [4.69, 9.17) is 0 Å². The summed E-state index contributed by atoms with van der Waals surface area (Å²) < 4.78 is 0. The number of nitro groups is 1. The van der Waals surface area contributed by atoms with Gasteiger partial charge in [-0.25, -0.2) is 0 Å². The summed E-state index contributed by atoms with van der Waals surface area (Å²) in [5.41, 5.74) is 1.85. The number of amides is 1. The summed E-state index contributed by atoms with van der Waals surface area (Å²) in [5, 5.41) is 11.8. The van der Waals surface area contributed by atoms with Crippen LogP contribution in [0.4, 0.5) is 5.69 Å². The number of rotatable bonds is 1. The van der Waals surface area contributed by atoms with Gasteiger partial charge in [0.1, 0.15) is 11.2 Å². The molecule has 0 saturated heterocycles. The van der Waals surface area contributed by atoms with Crippen molar-refractivity contribution in [2.24, 2.45) is 0 Å². The van der Waals surface area contributed by atoms with Crippen LogP contribution in [0.5, 0.6) is 0 Å². The van der Waals surface area contributed by atoms with Gasteiger partial charge in [0.15, 0.2) is 0 Å². The Morgan fingerprint density at radius 2 is 2.21 bits per heavy atom. The first-order chi connectivity index (χ1) is 9.09. The maximum atomic E-state index is 12.2. The van der Waals surface area contributed by atoms with Crippen LogP contribution in [0.3, 0.4) is 0 Å². The molecule has 1 aromatic heterocycles. The first-order valence-corrected chi connectivity index (χ1v) is 6.13. The topological polar surface area (TPSA) is 79.2 Å². The third kappa shape index (κ3) is 1.68. The number of aryl methyl sites for hydroxylation is 1. The third-order valence-electron chi connectivity index (χ3n) is 3.60. The minimum Gasteiger partial charge on any atom is -0.345 e. The van der Waals surface area contributed by atoms with Crippen molar-refractivity contribution in [2.75, 3.05) is 13.6 Å². The molecule has 1 aromatic carbocycles. The molecule has 2 heterocycles. The summed E-state index contributed by atoms with van der Waals surface area (Å²) in [4.78, 5) is 27.4. The van der Waals surface area contributed by atoms with Crippen LogP contribution in [0.2, 0.25) is 0 Å². The summed E-state index contributed by atoms with van der Waals surface area (Å²) in [5.74, 6) is -0.0991. The number of carbonyl (C=O) groups is 1. The number of non-ortho nitro benzene ring substituents is 1. The zero-order chi connectivity index (χ0) is 13.6. The fraction of sp³-hybridized carbons (Fsp3) is 0.308. The van der Waals surface area contributed by atoms with E-state index in [-0.39, 0.29) is 11.6 Å². The Morgan fingerprint density at radius 1 is 1.42 bits per heavy atom. The van der Waals surface area contributed by atoms with Crippen LogP contribution in [0, 0.1) is 10.1 Å². The number of aromatic amines is 1. The van der Waals surface area contributed by atoms with E-state index in [9.17, 15) is 14.9 Å². The molecule has 1 aliphatic rings. The van der Waals surface area contributed by atoms with Crippen molar-refractivity contribution >= 4 is 22.5 Å². The van der Waals surface area contributed by atoms with Gasteiger partial charge in [0.2, 0.25) is 0 Å². The van der Waals surface area contributed by atoms with Crippen molar-refractivity contribution in [1.82, 2.24) is 9.88 Å². The molecule has 1 N–H and O–H groups in total. The van der Waals surface area contributed by atoms with E-state index < -0.39 is 4.92 Å². The Labute approximate surface area is 109 Å². The largest absolute Gasteiger partial charge is 0.345 e. The maximum absolute atomic E-state index is 12.2. The van der Waals surface area contributed by atoms with Gasteiger partial charge in [-0.15, -0.1) is 0 Å². The fourth-order valence-electron chi connectivity index (χ4n) is 2.64. The lowest BCUT2D eigenvalue weighted by molar-refractivity contribution is -0.383. The highest BCUT2D eigenvalue weighted by molar-refractivity contribution is 6.03. The highest BCUT2D eigenvalue weighted by Crippen LogP contribution is 2.32. The molecule has 0 unspecified atom stereocenters. The molecule has 3 rings (SSSR count). The number of carbonyl (C=O) groups excluding carboxylic acids is 1. The number of nitrogens with zero attached hydrogens (tertiary/aromatic N) is 2. The molecule has 1 aliphatic heterocycles. The maximum Gasteiger partial charge on any atom is 0.293 e. The number of nitrogens with one attached hydrogen (secondary N) is 1. The zero-order valence-electron chi connectivity index (χ0n) is 10.5. The van der Waals surface area contributed by atoms with Gasteiger partial charge >= 0.3 is 0 Å². The van der Waals surface area contributed by atoms with E-state index in [2.05, 4.69) is 4.98 Å². The molecule has 2 aromatic rings. The lowest BCUT2D eigenvalue weighted by Crippen LogP contribution is -2.26. The number of H-pyrrole nitrogens is 1. The number of hydrogen-bond donors (Lipinski definition) is 1. The molecule has 0 atom stereocenters. The van der Waals surface area contributed by atoms with Crippen molar-refractivity contribution < 1.29 is 9.72 Å². The van der Waals surface area contributed by atoms with Crippen molar-refractivity contribution in [1.29, 1.82) is 0 Å². The van der Waals surface area contributed by atoms with Gasteiger partial charge < -0.3 is 9.88 Å². The van der Waals surface area contributed by atoms with Gasteiger partial charge in [0.05, 0.1) is 4.92 Å². The smallest absolute Gasteiger partial charge is 0.293 e. The van der Waals surface area contributed by atoms with Crippen LogP contribution >= 0.6 is 0 Å². The quantitative estimate of drug-likeness (QED) is 0.629. The molecule has 0 aliphatic carbocycles. The molecule has 0 spiro atoms. The monoisotopic (exact) mass is 259 g/mol. The van der Waals surface area contributed by atoms with Crippen molar-refractivity contribution in [3.8, 4) is 0 Å². The van der Waals surface area contributed by atoms with Gasteiger partial charge in [-0.1, -0.05) is 12.1 Å². The molecule has 0 radical (unpaired) electrons. The van der Waals surface area contributed by atoms with E-state index in [1.165, 1.54) is 6.07 Å². The predicted molar refractivity (Wildman–Crippen MR) is 70.2 cm³/mol. The van der Waals surface area contributed by atoms with Crippen molar-refractivity contribution in [2.45, 2.75) is 12.8 Å². The van der Waals surface area contributed by atoms with Crippen LogP contribution in [-0.2, 0) is 6.42 Å². The summed E-state index contributed by atoms with van der Waals surface area (Å²) in [6.45, 7) is 0.706. The van der Waals surface area contributed by atoms with Gasteiger partial charge in [-0.2, -0.15) is 0 Å². The summed E-state index contributed by atoms with van der Waals surface area (Å²) >= 11 is 0. The first kappa shape index (κ1) is 11.7. The predicted octanol–water partition coefficient (Wildman–Crippen LogP) is 2.09. The highest BCUT2D eigenvalue weighted by Gasteiger charge is 2.26. The van der Waals surface area contributed by atoms with Crippen LogP contribution in [0.25, 0.3) is 10.9 Å². The lowest BCUT2D eigenvalue weighted by atomic mass is 10.1. The van der Waals surface area contributed by atoms with E-state index >= 15 is 0 Å². The second-order valence-electron chi connectivity index (χ2n) is 4.77.